The lowest BCUT2D eigenvalue weighted by Gasteiger charge is -2.23. The van der Waals surface area contributed by atoms with Crippen molar-refractivity contribution < 1.29 is 14.3 Å². The van der Waals surface area contributed by atoms with Crippen LogP contribution < -0.4 is 0 Å². The predicted molar refractivity (Wildman–Crippen MR) is 68.7 cm³/mol. The first-order valence-corrected chi connectivity index (χ1v) is 6.27. The molecule has 17 heavy (non-hydrogen) atoms. The predicted octanol–water partition coefficient (Wildman–Crippen LogP) is 1.89. The van der Waals surface area contributed by atoms with E-state index in [4.69, 9.17) is 9.47 Å². The second kappa shape index (κ2) is 9.42. The van der Waals surface area contributed by atoms with Gasteiger partial charge in [-0.3, -0.25) is 4.79 Å². The van der Waals surface area contributed by atoms with Crippen LogP contribution in [0.25, 0.3) is 0 Å². The molecule has 4 heteroatoms. The maximum Gasteiger partial charge on any atom is 0.222 e. The first-order chi connectivity index (χ1) is 7.97. The molecule has 0 aliphatic rings. The molecule has 0 atom stereocenters. The van der Waals surface area contributed by atoms with Crippen molar-refractivity contribution in [2.75, 3.05) is 26.3 Å². The van der Waals surface area contributed by atoms with Crippen LogP contribution in [0.3, 0.4) is 0 Å². The standard InChI is InChI=1S/C13H26NO3/c1-6-13(15)14(7-9-16-11(2)3)8-10-17-12(4)5/h11-12H,1,6-10H2,2-5H3. The SMILES string of the molecule is [CH2]CC(=O)N(CCOC(C)C)CCOC(C)C. The fourth-order valence-electron chi connectivity index (χ4n) is 1.32. The van der Waals surface area contributed by atoms with Crippen LogP contribution in [0.15, 0.2) is 0 Å². The molecular weight excluding hydrogens is 218 g/mol. The van der Waals surface area contributed by atoms with E-state index in [1.165, 1.54) is 0 Å². The summed E-state index contributed by atoms with van der Waals surface area (Å²) in [4.78, 5) is 13.4. The monoisotopic (exact) mass is 244 g/mol. The van der Waals surface area contributed by atoms with Crippen LogP contribution in [0.4, 0.5) is 0 Å². The number of carbonyl (C=O) groups is 1. The smallest absolute Gasteiger partial charge is 0.222 e. The molecule has 1 amide bonds. The van der Waals surface area contributed by atoms with Gasteiger partial charge < -0.3 is 14.4 Å². The van der Waals surface area contributed by atoms with Crippen molar-refractivity contribution in [1.82, 2.24) is 4.90 Å². The quantitative estimate of drug-likeness (QED) is 0.621. The molecule has 0 unspecified atom stereocenters. The number of carbonyl (C=O) groups excluding carboxylic acids is 1. The highest BCUT2D eigenvalue weighted by Gasteiger charge is 2.11. The van der Waals surface area contributed by atoms with Crippen LogP contribution in [0.1, 0.15) is 34.1 Å². The van der Waals surface area contributed by atoms with Crippen molar-refractivity contribution in [3.8, 4) is 0 Å². The fourth-order valence-corrected chi connectivity index (χ4v) is 1.32. The van der Waals surface area contributed by atoms with Gasteiger partial charge in [0.2, 0.25) is 5.91 Å². The van der Waals surface area contributed by atoms with Crippen LogP contribution in [0.2, 0.25) is 0 Å². The molecule has 1 radical (unpaired) electrons. The van der Waals surface area contributed by atoms with E-state index in [0.717, 1.165) is 0 Å². The summed E-state index contributed by atoms with van der Waals surface area (Å²) in [7, 11) is 0. The van der Waals surface area contributed by atoms with Crippen molar-refractivity contribution in [3.05, 3.63) is 6.92 Å². The summed E-state index contributed by atoms with van der Waals surface area (Å²) < 4.78 is 10.9. The molecule has 0 N–H and O–H groups in total. The molecule has 4 nitrogen and oxygen atoms in total. The second-order valence-electron chi connectivity index (χ2n) is 4.47. The number of hydrogen-bond donors (Lipinski definition) is 0. The zero-order chi connectivity index (χ0) is 13.3. The third-order valence-corrected chi connectivity index (χ3v) is 2.19. The average Bonchev–Trinajstić information content (AvgIpc) is 2.25. The molecule has 0 bridgehead atoms. The summed E-state index contributed by atoms with van der Waals surface area (Å²) in [5.74, 6) is 0.0460. The van der Waals surface area contributed by atoms with Gasteiger partial charge in [0.15, 0.2) is 0 Å². The Morgan fingerprint density at radius 1 is 1.06 bits per heavy atom. The summed E-state index contributed by atoms with van der Waals surface area (Å²) in [6.45, 7) is 13.9. The maximum absolute atomic E-state index is 11.6. The second-order valence-corrected chi connectivity index (χ2v) is 4.47. The van der Waals surface area contributed by atoms with Gasteiger partial charge in [-0.2, -0.15) is 0 Å². The first-order valence-electron chi connectivity index (χ1n) is 6.27. The summed E-state index contributed by atoms with van der Waals surface area (Å²) in [6.07, 6.45) is 0.667. The van der Waals surface area contributed by atoms with Crippen LogP contribution in [0.5, 0.6) is 0 Å². The molecular formula is C13H26NO3. The number of ether oxygens (including phenoxy) is 2. The van der Waals surface area contributed by atoms with Crippen molar-refractivity contribution in [2.45, 2.75) is 46.3 Å². The molecule has 0 aliphatic carbocycles. The topological polar surface area (TPSA) is 38.8 Å². The summed E-state index contributed by atoms with van der Waals surface area (Å²) in [5, 5.41) is 0. The molecule has 0 saturated heterocycles. The van der Waals surface area contributed by atoms with Gasteiger partial charge in [-0.25, -0.2) is 0 Å². The van der Waals surface area contributed by atoms with Crippen LogP contribution in [-0.4, -0.2) is 49.3 Å². The average molecular weight is 244 g/mol. The highest BCUT2D eigenvalue weighted by atomic mass is 16.5. The molecule has 0 aromatic carbocycles. The zero-order valence-corrected chi connectivity index (χ0v) is 11.6. The molecule has 0 heterocycles. The molecule has 0 aliphatic heterocycles. The zero-order valence-electron chi connectivity index (χ0n) is 11.6. The van der Waals surface area contributed by atoms with Crippen LogP contribution >= 0.6 is 0 Å². The van der Waals surface area contributed by atoms with Gasteiger partial charge in [0, 0.05) is 19.5 Å². The lowest BCUT2D eigenvalue weighted by atomic mass is 10.3. The number of rotatable bonds is 9. The van der Waals surface area contributed by atoms with E-state index in [-0.39, 0.29) is 24.5 Å². The molecule has 0 spiro atoms. The highest BCUT2D eigenvalue weighted by molar-refractivity contribution is 5.76. The Morgan fingerprint density at radius 2 is 1.47 bits per heavy atom. The van der Waals surface area contributed by atoms with E-state index in [2.05, 4.69) is 6.92 Å². The third-order valence-electron chi connectivity index (χ3n) is 2.19. The molecule has 0 saturated carbocycles. The fraction of sp³-hybridized carbons (Fsp3) is 0.846. The van der Waals surface area contributed by atoms with Crippen LogP contribution in [-0.2, 0) is 14.3 Å². The van der Waals surface area contributed by atoms with Gasteiger partial charge in [0.05, 0.1) is 25.4 Å². The summed E-state index contributed by atoms with van der Waals surface area (Å²) in [6, 6.07) is 0. The van der Waals surface area contributed by atoms with Crippen molar-refractivity contribution in [1.29, 1.82) is 0 Å². The first kappa shape index (κ1) is 16.4. The molecule has 0 rings (SSSR count). The van der Waals surface area contributed by atoms with Crippen LogP contribution in [0, 0.1) is 6.92 Å². The number of hydrogen-bond acceptors (Lipinski definition) is 3. The van der Waals surface area contributed by atoms with Crippen molar-refractivity contribution in [3.63, 3.8) is 0 Å². The van der Waals surface area contributed by atoms with E-state index in [0.29, 0.717) is 26.3 Å². The molecule has 0 fully saturated rings. The Labute approximate surface area is 105 Å². The van der Waals surface area contributed by atoms with E-state index < -0.39 is 0 Å². The minimum atomic E-state index is 0.0460. The lowest BCUT2D eigenvalue weighted by molar-refractivity contribution is -0.132. The molecule has 0 aromatic heterocycles. The summed E-state index contributed by atoms with van der Waals surface area (Å²) in [5.41, 5.74) is 0. The van der Waals surface area contributed by atoms with E-state index in [9.17, 15) is 4.79 Å². The summed E-state index contributed by atoms with van der Waals surface area (Å²) >= 11 is 0. The third kappa shape index (κ3) is 9.12. The van der Waals surface area contributed by atoms with Gasteiger partial charge in [0.1, 0.15) is 0 Å². The van der Waals surface area contributed by atoms with E-state index in [1.54, 1.807) is 4.90 Å². The van der Waals surface area contributed by atoms with Gasteiger partial charge in [-0.15, -0.1) is 0 Å². The minimum absolute atomic E-state index is 0.0460. The van der Waals surface area contributed by atoms with Crippen molar-refractivity contribution in [2.24, 2.45) is 0 Å². The number of nitrogens with zero attached hydrogens (tertiary/aromatic N) is 1. The van der Waals surface area contributed by atoms with Gasteiger partial charge in [0.25, 0.3) is 0 Å². The van der Waals surface area contributed by atoms with E-state index in [1.807, 2.05) is 27.7 Å². The Kier molecular flexibility index (Phi) is 9.09. The van der Waals surface area contributed by atoms with Crippen molar-refractivity contribution >= 4 is 5.91 Å². The van der Waals surface area contributed by atoms with Gasteiger partial charge >= 0.3 is 0 Å². The Hall–Kier alpha value is -0.610. The van der Waals surface area contributed by atoms with Gasteiger partial charge in [-0.05, 0) is 34.6 Å². The minimum Gasteiger partial charge on any atom is -0.377 e. The normalized spacial score (nSPS) is 11.2. The Bertz CT molecular complexity index is 191. The van der Waals surface area contributed by atoms with Gasteiger partial charge in [-0.1, -0.05) is 0 Å². The number of amides is 1. The lowest BCUT2D eigenvalue weighted by Crippen LogP contribution is -2.37. The molecule has 0 aromatic rings. The van der Waals surface area contributed by atoms with E-state index >= 15 is 0 Å². The Balaban J connectivity index is 3.93. The highest BCUT2D eigenvalue weighted by Crippen LogP contribution is 1.97. The Morgan fingerprint density at radius 3 is 1.76 bits per heavy atom. The largest absolute Gasteiger partial charge is 0.377 e. The maximum atomic E-state index is 11.6. The molecule has 101 valence electrons.